The van der Waals surface area contributed by atoms with Crippen LogP contribution in [0, 0.1) is 13.8 Å². The third kappa shape index (κ3) is 6.59. The predicted molar refractivity (Wildman–Crippen MR) is 129 cm³/mol. The Morgan fingerprint density at radius 3 is 2.50 bits per heavy atom. The zero-order valence-electron chi connectivity index (χ0n) is 18.2. The van der Waals surface area contributed by atoms with Crippen LogP contribution in [0.15, 0.2) is 70.2 Å². The molecule has 0 unspecified atom stereocenters. The molecule has 0 bridgehead atoms. The van der Waals surface area contributed by atoms with E-state index in [9.17, 15) is 4.79 Å². The van der Waals surface area contributed by atoms with E-state index in [0.717, 1.165) is 21.2 Å². The molecule has 0 saturated heterocycles. The summed E-state index contributed by atoms with van der Waals surface area (Å²) in [7, 11) is 1.58. The van der Waals surface area contributed by atoms with E-state index in [1.165, 1.54) is 11.8 Å². The van der Waals surface area contributed by atoms with Crippen molar-refractivity contribution in [3.05, 3.63) is 87.4 Å². The minimum atomic E-state index is -0.353. The molecule has 1 amide bonds. The lowest BCUT2D eigenvalue weighted by molar-refractivity contribution is -0.123. The molecule has 0 atom stereocenters. The molecule has 7 heteroatoms. The molecule has 3 aromatic carbocycles. The summed E-state index contributed by atoms with van der Waals surface area (Å²) in [5.74, 6) is 1.47. The van der Waals surface area contributed by atoms with Crippen LogP contribution in [0.3, 0.4) is 0 Å². The number of nitrogens with one attached hydrogen (secondary N) is 1. The van der Waals surface area contributed by atoms with Gasteiger partial charge in [-0.3, -0.25) is 4.79 Å². The lowest BCUT2D eigenvalue weighted by Crippen LogP contribution is -2.24. The standard InChI is InChI=1S/C25H25BrN2O4/c1-17-8-10-19(11-9-17)15-32-25-21(26)12-20(13-23(25)30-3)14-27-28-24(29)16-31-22-7-5-4-6-18(22)2/h4-14H,15-16H2,1-3H3,(H,28,29)/b27-14-. The molecule has 0 saturated carbocycles. The van der Waals surface area contributed by atoms with Crippen LogP contribution in [-0.4, -0.2) is 25.8 Å². The first-order valence-corrected chi connectivity index (χ1v) is 10.8. The quantitative estimate of drug-likeness (QED) is 0.327. The molecular weight excluding hydrogens is 472 g/mol. The van der Waals surface area contributed by atoms with Gasteiger partial charge in [-0.1, -0.05) is 48.0 Å². The number of aryl methyl sites for hydroxylation is 2. The number of methoxy groups -OCH3 is 1. The molecule has 3 rings (SSSR count). The van der Waals surface area contributed by atoms with Crippen molar-refractivity contribution in [1.82, 2.24) is 5.43 Å². The van der Waals surface area contributed by atoms with Crippen molar-refractivity contribution in [3.8, 4) is 17.2 Å². The molecule has 32 heavy (non-hydrogen) atoms. The van der Waals surface area contributed by atoms with Gasteiger partial charge in [-0.2, -0.15) is 5.10 Å². The van der Waals surface area contributed by atoms with E-state index in [-0.39, 0.29) is 12.5 Å². The number of para-hydroxylation sites is 1. The number of benzene rings is 3. The van der Waals surface area contributed by atoms with E-state index < -0.39 is 0 Å². The van der Waals surface area contributed by atoms with Crippen molar-refractivity contribution >= 4 is 28.1 Å². The Hall–Kier alpha value is -3.32. The Balaban J connectivity index is 1.58. The summed E-state index contributed by atoms with van der Waals surface area (Å²) in [4.78, 5) is 12.0. The van der Waals surface area contributed by atoms with E-state index >= 15 is 0 Å². The molecule has 0 heterocycles. The fourth-order valence-corrected chi connectivity index (χ4v) is 3.44. The highest BCUT2D eigenvalue weighted by Crippen LogP contribution is 2.36. The Morgan fingerprint density at radius 2 is 1.78 bits per heavy atom. The van der Waals surface area contributed by atoms with Crippen molar-refractivity contribution < 1.29 is 19.0 Å². The first-order valence-electron chi connectivity index (χ1n) is 10.0. The van der Waals surface area contributed by atoms with Gasteiger partial charge in [-0.15, -0.1) is 0 Å². The smallest absolute Gasteiger partial charge is 0.277 e. The minimum Gasteiger partial charge on any atom is -0.493 e. The van der Waals surface area contributed by atoms with Crippen LogP contribution in [0.2, 0.25) is 0 Å². The zero-order chi connectivity index (χ0) is 22.9. The van der Waals surface area contributed by atoms with Crippen molar-refractivity contribution in [1.29, 1.82) is 0 Å². The summed E-state index contributed by atoms with van der Waals surface area (Å²) in [6, 6.07) is 19.3. The molecule has 0 spiro atoms. The molecule has 3 aromatic rings. The van der Waals surface area contributed by atoms with Gasteiger partial charge >= 0.3 is 0 Å². The third-order valence-corrected chi connectivity index (χ3v) is 5.20. The number of hydrazone groups is 1. The van der Waals surface area contributed by atoms with Crippen LogP contribution in [-0.2, 0) is 11.4 Å². The topological polar surface area (TPSA) is 69.2 Å². The van der Waals surface area contributed by atoms with Crippen molar-refractivity contribution in [2.45, 2.75) is 20.5 Å². The average Bonchev–Trinajstić information content (AvgIpc) is 2.78. The molecule has 1 N–H and O–H groups in total. The lowest BCUT2D eigenvalue weighted by Gasteiger charge is -2.13. The van der Waals surface area contributed by atoms with Crippen molar-refractivity contribution in [2.75, 3.05) is 13.7 Å². The maximum absolute atomic E-state index is 12.0. The number of carbonyl (C=O) groups is 1. The minimum absolute atomic E-state index is 0.124. The van der Waals surface area contributed by atoms with Gasteiger partial charge in [-0.25, -0.2) is 5.43 Å². The highest BCUT2D eigenvalue weighted by Gasteiger charge is 2.12. The van der Waals surface area contributed by atoms with Gasteiger partial charge < -0.3 is 14.2 Å². The van der Waals surface area contributed by atoms with E-state index in [0.29, 0.717) is 23.9 Å². The molecule has 6 nitrogen and oxygen atoms in total. The fourth-order valence-electron chi connectivity index (χ4n) is 2.87. The van der Waals surface area contributed by atoms with Gasteiger partial charge in [0.1, 0.15) is 12.4 Å². The number of hydrogen-bond acceptors (Lipinski definition) is 5. The predicted octanol–water partition coefficient (Wildman–Crippen LogP) is 5.18. The summed E-state index contributed by atoms with van der Waals surface area (Å²) in [6.07, 6.45) is 1.53. The molecule has 166 valence electrons. The summed E-state index contributed by atoms with van der Waals surface area (Å²) >= 11 is 3.53. The Labute approximate surface area is 196 Å². The maximum Gasteiger partial charge on any atom is 0.277 e. The molecule has 0 aliphatic carbocycles. The molecular formula is C25H25BrN2O4. The van der Waals surface area contributed by atoms with Gasteiger partial charge in [0.15, 0.2) is 18.1 Å². The van der Waals surface area contributed by atoms with Crippen molar-refractivity contribution in [3.63, 3.8) is 0 Å². The van der Waals surface area contributed by atoms with Gasteiger partial charge in [0.25, 0.3) is 5.91 Å². The van der Waals surface area contributed by atoms with Crippen molar-refractivity contribution in [2.24, 2.45) is 5.10 Å². The van der Waals surface area contributed by atoms with Crippen LogP contribution in [0.4, 0.5) is 0 Å². The second-order valence-corrected chi connectivity index (χ2v) is 8.01. The van der Waals surface area contributed by atoms with Gasteiger partial charge in [0.05, 0.1) is 17.8 Å². The molecule has 0 aliphatic heterocycles. The molecule has 0 radical (unpaired) electrons. The molecule has 0 fully saturated rings. The number of carbonyl (C=O) groups excluding carboxylic acids is 1. The Kier molecular flexibility index (Phi) is 8.27. The average molecular weight is 497 g/mol. The number of hydrogen-bond donors (Lipinski definition) is 1. The monoisotopic (exact) mass is 496 g/mol. The van der Waals surface area contributed by atoms with Crippen LogP contribution < -0.4 is 19.6 Å². The number of rotatable bonds is 9. The second-order valence-electron chi connectivity index (χ2n) is 7.16. The maximum atomic E-state index is 12.0. The Morgan fingerprint density at radius 1 is 1.03 bits per heavy atom. The molecule has 0 aromatic heterocycles. The van der Waals surface area contributed by atoms with Crippen LogP contribution in [0.1, 0.15) is 22.3 Å². The van der Waals surface area contributed by atoms with Gasteiger partial charge in [0.2, 0.25) is 0 Å². The highest BCUT2D eigenvalue weighted by atomic mass is 79.9. The SMILES string of the molecule is COc1cc(/C=N\NC(=O)COc2ccccc2C)cc(Br)c1OCc1ccc(C)cc1. The van der Waals surface area contributed by atoms with E-state index in [1.807, 2.05) is 68.4 Å². The highest BCUT2D eigenvalue weighted by molar-refractivity contribution is 9.10. The van der Waals surface area contributed by atoms with E-state index in [1.54, 1.807) is 13.2 Å². The van der Waals surface area contributed by atoms with Gasteiger partial charge in [-0.05, 0) is 64.7 Å². The summed E-state index contributed by atoms with van der Waals surface area (Å²) in [5, 5.41) is 4.00. The Bertz CT molecular complexity index is 1100. The van der Waals surface area contributed by atoms with E-state index in [2.05, 4.69) is 26.5 Å². The normalized spacial score (nSPS) is 10.8. The largest absolute Gasteiger partial charge is 0.493 e. The second kappa shape index (κ2) is 11.3. The zero-order valence-corrected chi connectivity index (χ0v) is 19.8. The first-order chi connectivity index (χ1) is 15.5. The lowest BCUT2D eigenvalue weighted by atomic mass is 10.2. The third-order valence-electron chi connectivity index (χ3n) is 4.61. The van der Waals surface area contributed by atoms with E-state index in [4.69, 9.17) is 14.2 Å². The number of halogens is 1. The summed E-state index contributed by atoms with van der Waals surface area (Å²) in [5.41, 5.74) is 6.42. The molecule has 0 aliphatic rings. The van der Waals surface area contributed by atoms with Crippen LogP contribution in [0.25, 0.3) is 0 Å². The van der Waals surface area contributed by atoms with Crippen LogP contribution >= 0.6 is 15.9 Å². The summed E-state index contributed by atoms with van der Waals surface area (Å²) < 4.78 is 17.7. The number of nitrogens with zero attached hydrogens (tertiary/aromatic N) is 1. The fraction of sp³-hybridized carbons (Fsp3) is 0.200. The number of ether oxygens (including phenoxy) is 3. The van der Waals surface area contributed by atoms with Crippen LogP contribution in [0.5, 0.6) is 17.2 Å². The number of amides is 1. The first kappa shape index (κ1) is 23.3. The van der Waals surface area contributed by atoms with Gasteiger partial charge in [0, 0.05) is 0 Å². The summed E-state index contributed by atoms with van der Waals surface area (Å²) in [6.45, 7) is 4.26.